The zero-order valence-electron chi connectivity index (χ0n) is 11.5. The van der Waals surface area contributed by atoms with E-state index in [1.54, 1.807) is 0 Å². The molecule has 3 rings (SSSR count). The fourth-order valence-electron chi connectivity index (χ4n) is 2.25. The zero-order chi connectivity index (χ0) is 14.1. The highest BCUT2D eigenvalue weighted by molar-refractivity contribution is 5.87. The summed E-state index contributed by atoms with van der Waals surface area (Å²) in [6, 6.07) is 9.65. The summed E-state index contributed by atoms with van der Waals surface area (Å²) in [6.07, 6.45) is 0.484. The first-order valence-corrected chi connectivity index (χ1v) is 6.44. The fraction of sp³-hybridized carbons (Fsp3) is 0.200. The standard InChI is InChI=1S/C15H15N5/c1-9-7-10(2)18-13(17-9)8-14-19-12-6-4-3-5-11(12)15(16)20-14/h3-7H,8H2,1-2H3,(H2,16,19,20). The van der Waals surface area contributed by atoms with Crippen molar-refractivity contribution in [3.05, 3.63) is 53.4 Å². The van der Waals surface area contributed by atoms with Crippen LogP contribution < -0.4 is 5.73 Å². The van der Waals surface area contributed by atoms with Gasteiger partial charge in [-0.3, -0.25) is 0 Å². The maximum Gasteiger partial charge on any atom is 0.139 e. The van der Waals surface area contributed by atoms with Crippen LogP contribution in [-0.4, -0.2) is 19.9 Å². The highest BCUT2D eigenvalue weighted by Gasteiger charge is 2.08. The smallest absolute Gasteiger partial charge is 0.139 e. The van der Waals surface area contributed by atoms with Crippen molar-refractivity contribution in [3.8, 4) is 0 Å². The van der Waals surface area contributed by atoms with E-state index in [1.807, 2.05) is 44.2 Å². The minimum absolute atomic E-state index is 0.484. The minimum Gasteiger partial charge on any atom is -0.383 e. The summed E-state index contributed by atoms with van der Waals surface area (Å²) >= 11 is 0. The molecule has 2 heterocycles. The highest BCUT2D eigenvalue weighted by Crippen LogP contribution is 2.17. The Morgan fingerprint density at radius 3 is 2.30 bits per heavy atom. The van der Waals surface area contributed by atoms with Crippen LogP contribution in [0.25, 0.3) is 10.9 Å². The van der Waals surface area contributed by atoms with Crippen molar-refractivity contribution < 1.29 is 0 Å². The molecule has 20 heavy (non-hydrogen) atoms. The molecule has 2 aromatic heterocycles. The van der Waals surface area contributed by atoms with Crippen molar-refractivity contribution in [1.82, 2.24) is 19.9 Å². The van der Waals surface area contributed by atoms with Gasteiger partial charge in [-0.15, -0.1) is 0 Å². The molecule has 0 fully saturated rings. The number of aryl methyl sites for hydroxylation is 2. The quantitative estimate of drug-likeness (QED) is 0.768. The summed E-state index contributed by atoms with van der Waals surface area (Å²) in [5.74, 6) is 1.86. The van der Waals surface area contributed by atoms with Crippen LogP contribution in [0.15, 0.2) is 30.3 Å². The van der Waals surface area contributed by atoms with E-state index in [2.05, 4.69) is 19.9 Å². The lowest BCUT2D eigenvalue weighted by Crippen LogP contribution is -2.05. The molecule has 5 heteroatoms. The van der Waals surface area contributed by atoms with Crippen LogP contribution >= 0.6 is 0 Å². The molecule has 0 amide bonds. The van der Waals surface area contributed by atoms with Crippen molar-refractivity contribution in [2.75, 3.05) is 5.73 Å². The van der Waals surface area contributed by atoms with Gasteiger partial charge in [0.1, 0.15) is 17.5 Å². The maximum atomic E-state index is 5.98. The highest BCUT2D eigenvalue weighted by atomic mass is 15.0. The number of benzene rings is 1. The van der Waals surface area contributed by atoms with Gasteiger partial charge < -0.3 is 5.73 Å². The molecule has 0 radical (unpaired) electrons. The van der Waals surface area contributed by atoms with Gasteiger partial charge in [0.2, 0.25) is 0 Å². The van der Waals surface area contributed by atoms with Gasteiger partial charge in [0, 0.05) is 16.8 Å². The molecule has 0 saturated carbocycles. The molecule has 0 bridgehead atoms. The van der Waals surface area contributed by atoms with E-state index in [0.717, 1.165) is 28.1 Å². The Bertz CT molecular complexity index is 762. The average Bonchev–Trinajstić information content (AvgIpc) is 2.37. The van der Waals surface area contributed by atoms with Gasteiger partial charge in [-0.25, -0.2) is 19.9 Å². The number of nitrogens with two attached hydrogens (primary N) is 1. The van der Waals surface area contributed by atoms with E-state index in [0.29, 0.717) is 18.1 Å². The molecular formula is C15H15N5. The lowest BCUT2D eigenvalue weighted by Gasteiger charge is -2.06. The third-order valence-electron chi connectivity index (χ3n) is 3.02. The SMILES string of the molecule is Cc1cc(C)nc(Cc2nc(N)c3ccccc3n2)n1. The molecule has 100 valence electrons. The van der Waals surface area contributed by atoms with E-state index >= 15 is 0 Å². The van der Waals surface area contributed by atoms with Gasteiger partial charge in [0.05, 0.1) is 11.9 Å². The number of rotatable bonds is 2. The largest absolute Gasteiger partial charge is 0.383 e. The van der Waals surface area contributed by atoms with Crippen molar-refractivity contribution in [2.45, 2.75) is 20.3 Å². The van der Waals surface area contributed by atoms with Gasteiger partial charge in [0.25, 0.3) is 0 Å². The number of anilines is 1. The minimum atomic E-state index is 0.484. The van der Waals surface area contributed by atoms with E-state index < -0.39 is 0 Å². The lowest BCUT2D eigenvalue weighted by molar-refractivity contribution is 0.873. The molecule has 3 aromatic rings. The molecule has 0 atom stereocenters. The third kappa shape index (κ3) is 2.42. The Labute approximate surface area is 116 Å². The normalized spacial score (nSPS) is 10.9. The first-order chi connectivity index (χ1) is 9.61. The topological polar surface area (TPSA) is 77.6 Å². The summed E-state index contributed by atoms with van der Waals surface area (Å²) < 4.78 is 0. The predicted octanol–water partition coefficient (Wildman–Crippen LogP) is 2.21. The van der Waals surface area contributed by atoms with Gasteiger partial charge in [-0.2, -0.15) is 0 Å². The maximum absolute atomic E-state index is 5.98. The number of para-hydroxylation sites is 1. The molecule has 0 unspecified atom stereocenters. The van der Waals surface area contributed by atoms with Crippen LogP contribution in [0, 0.1) is 13.8 Å². The second-order valence-corrected chi connectivity index (χ2v) is 4.79. The number of aromatic nitrogens is 4. The van der Waals surface area contributed by atoms with Crippen LogP contribution in [0.4, 0.5) is 5.82 Å². The summed E-state index contributed by atoms with van der Waals surface area (Å²) in [5, 5.41) is 0.873. The van der Waals surface area contributed by atoms with Crippen LogP contribution in [0.2, 0.25) is 0 Å². The van der Waals surface area contributed by atoms with Crippen molar-refractivity contribution in [1.29, 1.82) is 0 Å². The van der Waals surface area contributed by atoms with E-state index in [9.17, 15) is 0 Å². The Hall–Kier alpha value is -2.56. The number of fused-ring (bicyclic) bond motifs is 1. The number of hydrogen-bond acceptors (Lipinski definition) is 5. The van der Waals surface area contributed by atoms with Gasteiger partial charge in [0.15, 0.2) is 0 Å². The van der Waals surface area contributed by atoms with Crippen LogP contribution in [0.5, 0.6) is 0 Å². The average molecular weight is 265 g/mol. The molecular weight excluding hydrogens is 250 g/mol. The molecule has 1 aromatic carbocycles. The Balaban J connectivity index is 2.02. The molecule has 2 N–H and O–H groups in total. The number of nitrogens with zero attached hydrogens (tertiary/aromatic N) is 4. The summed E-state index contributed by atoms with van der Waals surface area (Å²) in [6.45, 7) is 3.90. The lowest BCUT2D eigenvalue weighted by atomic mass is 10.2. The fourth-order valence-corrected chi connectivity index (χ4v) is 2.25. The molecule has 0 aliphatic rings. The molecule has 0 saturated heterocycles. The second-order valence-electron chi connectivity index (χ2n) is 4.79. The summed E-state index contributed by atoms with van der Waals surface area (Å²) in [5.41, 5.74) is 8.72. The Morgan fingerprint density at radius 1 is 0.900 bits per heavy atom. The van der Waals surface area contributed by atoms with Gasteiger partial charge >= 0.3 is 0 Å². The monoisotopic (exact) mass is 265 g/mol. The van der Waals surface area contributed by atoms with E-state index in [4.69, 9.17) is 5.73 Å². The van der Waals surface area contributed by atoms with Crippen molar-refractivity contribution >= 4 is 16.7 Å². The molecule has 0 aliphatic carbocycles. The van der Waals surface area contributed by atoms with Crippen LogP contribution in [0.1, 0.15) is 23.0 Å². The van der Waals surface area contributed by atoms with Crippen LogP contribution in [-0.2, 0) is 6.42 Å². The zero-order valence-corrected chi connectivity index (χ0v) is 11.5. The van der Waals surface area contributed by atoms with E-state index in [1.165, 1.54) is 0 Å². The number of hydrogen-bond donors (Lipinski definition) is 1. The second kappa shape index (κ2) is 4.85. The Morgan fingerprint density at radius 2 is 1.55 bits per heavy atom. The third-order valence-corrected chi connectivity index (χ3v) is 3.02. The number of nitrogen functional groups attached to an aromatic ring is 1. The predicted molar refractivity (Wildman–Crippen MR) is 78.3 cm³/mol. The summed E-state index contributed by atoms with van der Waals surface area (Å²) in [7, 11) is 0. The van der Waals surface area contributed by atoms with Crippen molar-refractivity contribution in [2.24, 2.45) is 0 Å². The van der Waals surface area contributed by atoms with Crippen molar-refractivity contribution in [3.63, 3.8) is 0 Å². The van der Waals surface area contributed by atoms with Gasteiger partial charge in [-0.1, -0.05) is 12.1 Å². The molecule has 0 aliphatic heterocycles. The Kier molecular flexibility index (Phi) is 3.02. The first-order valence-electron chi connectivity index (χ1n) is 6.44. The van der Waals surface area contributed by atoms with Gasteiger partial charge in [-0.05, 0) is 32.0 Å². The molecule has 0 spiro atoms. The molecule has 5 nitrogen and oxygen atoms in total. The summed E-state index contributed by atoms with van der Waals surface area (Å²) in [4.78, 5) is 17.7. The van der Waals surface area contributed by atoms with Crippen LogP contribution in [0.3, 0.4) is 0 Å². The van der Waals surface area contributed by atoms with E-state index in [-0.39, 0.29) is 0 Å². The first kappa shape index (κ1) is 12.5.